The fourth-order valence-electron chi connectivity index (χ4n) is 3.99. The molecule has 0 saturated heterocycles. The molecule has 196 valence electrons. The van der Waals surface area contributed by atoms with E-state index in [0.29, 0.717) is 22.1 Å². The molecule has 2 aromatic heterocycles. The molecule has 2 N–H and O–H groups in total. The summed E-state index contributed by atoms with van der Waals surface area (Å²) in [5, 5.41) is 15.8. The summed E-state index contributed by atoms with van der Waals surface area (Å²) in [4.78, 5) is 14.1. The molecule has 5 rings (SSSR count). The van der Waals surface area contributed by atoms with Crippen molar-refractivity contribution in [3.63, 3.8) is 0 Å². The third-order valence-corrected chi connectivity index (χ3v) is 6.88. The number of nitrogens with one attached hydrogen (secondary N) is 2. The Labute approximate surface area is 236 Å². The third-order valence-electron chi connectivity index (χ3n) is 6.27. The van der Waals surface area contributed by atoms with Crippen molar-refractivity contribution in [1.29, 1.82) is 0 Å². The van der Waals surface area contributed by atoms with Gasteiger partial charge in [-0.15, -0.1) is 10.2 Å². The lowest BCUT2D eigenvalue weighted by Gasteiger charge is -2.10. The minimum Gasteiger partial charge on any atom is -0.457 e. The Bertz CT molecular complexity index is 1720. The first-order valence-electron chi connectivity index (χ1n) is 12.4. The second-order valence-corrected chi connectivity index (χ2v) is 9.92. The van der Waals surface area contributed by atoms with Crippen LogP contribution in [0, 0.1) is 13.8 Å². The van der Waals surface area contributed by atoms with Gasteiger partial charge in [0.25, 0.3) is 0 Å². The Morgan fingerprint density at radius 2 is 1.74 bits per heavy atom. The highest BCUT2D eigenvalue weighted by atomic mass is 35.5. The number of carbonyl (C=O) groups is 1. The van der Waals surface area contributed by atoms with Crippen molar-refractivity contribution in [2.45, 2.75) is 27.2 Å². The third kappa shape index (κ3) is 6.08. The van der Waals surface area contributed by atoms with Crippen LogP contribution in [0.1, 0.15) is 29.4 Å². The standard InChI is InChI=1S/C30H26ClN5O2S/c1-4-20-6-9-22(10-7-20)36-34-26-15-19(3)25(17-27(26)35-36)32-30(39)33-29(37)14-12-23-11-13-28(38-23)21-8-5-18(2)24(31)16-21/h5-17H,4H2,1-3H3,(H2,32,33,37,39)/b14-12+. The van der Waals surface area contributed by atoms with Gasteiger partial charge in [0.1, 0.15) is 22.6 Å². The number of hydrogen-bond acceptors (Lipinski definition) is 5. The molecule has 0 aliphatic carbocycles. The van der Waals surface area contributed by atoms with Crippen molar-refractivity contribution in [2.75, 3.05) is 5.32 Å². The summed E-state index contributed by atoms with van der Waals surface area (Å²) in [6, 6.07) is 21.3. The van der Waals surface area contributed by atoms with Crippen LogP contribution in [0.15, 0.2) is 77.2 Å². The second kappa shape index (κ2) is 11.2. The highest BCUT2D eigenvalue weighted by molar-refractivity contribution is 7.80. The number of rotatable bonds is 6. The summed E-state index contributed by atoms with van der Waals surface area (Å²) in [6.45, 7) is 6.00. The molecule has 0 atom stereocenters. The number of furan rings is 1. The summed E-state index contributed by atoms with van der Waals surface area (Å²) in [7, 11) is 0. The Kier molecular flexibility index (Phi) is 7.58. The van der Waals surface area contributed by atoms with Crippen molar-refractivity contribution in [3.8, 4) is 17.0 Å². The van der Waals surface area contributed by atoms with E-state index in [9.17, 15) is 4.79 Å². The number of carbonyl (C=O) groups excluding carboxylic acids is 1. The molecule has 1 amide bonds. The second-order valence-electron chi connectivity index (χ2n) is 9.11. The molecule has 39 heavy (non-hydrogen) atoms. The molecular weight excluding hydrogens is 530 g/mol. The molecule has 0 bridgehead atoms. The first kappa shape index (κ1) is 26.3. The molecule has 2 heterocycles. The van der Waals surface area contributed by atoms with E-state index in [2.05, 4.69) is 39.9 Å². The molecule has 3 aromatic carbocycles. The van der Waals surface area contributed by atoms with Crippen LogP contribution in [0.25, 0.3) is 34.1 Å². The molecule has 5 aromatic rings. The number of nitrogens with zero attached hydrogens (tertiary/aromatic N) is 3. The number of thiocarbonyl (C=S) groups is 1. The van der Waals surface area contributed by atoms with Crippen molar-refractivity contribution in [2.24, 2.45) is 0 Å². The zero-order chi connectivity index (χ0) is 27.5. The van der Waals surface area contributed by atoms with Crippen LogP contribution in [0.4, 0.5) is 5.69 Å². The van der Waals surface area contributed by atoms with E-state index in [1.807, 2.05) is 62.4 Å². The molecule has 0 spiro atoms. The average Bonchev–Trinajstić information content (AvgIpc) is 3.56. The minimum absolute atomic E-state index is 0.170. The molecule has 0 aliphatic heterocycles. The number of halogens is 1. The molecule has 0 radical (unpaired) electrons. The highest BCUT2D eigenvalue weighted by Crippen LogP contribution is 2.27. The largest absolute Gasteiger partial charge is 0.457 e. The number of fused-ring (bicyclic) bond motifs is 1. The van der Waals surface area contributed by atoms with Gasteiger partial charge in [-0.25, -0.2) is 0 Å². The van der Waals surface area contributed by atoms with Gasteiger partial charge >= 0.3 is 0 Å². The summed E-state index contributed by atoms with van der Waals surface area (Å²) in [5.41, 5.74) is 7.12. The van der Waals surface area contributed by atoms with Crippen LogP contribution in [0.5, 0.6) is 0 Å². The lowest BCUT2D eigenvalue weighted by atomic mass is 10.1. The van der Waals surface area contributed by atoms with Crippen LogP contribution in [0.2, 0.25) is 5.02 Å². The van der Waals surface area contributed by atoms with Crippen LogP contribution in [0.3, 0.4) is 0 Å². The number of benzene rings is 3. The number of aryl methyl sites for hydroxylation is 3. The van der Waals surface area contributed by atoms with E-state index in [1.165, 1.54) is 11.6 Å². The summed E-state index contributed by atoms with van der Waals surface area (Å²) in [5.74, 6) is 0.809. The maximum absolute atomic E-state index is 12.5. The normalized spacial score (nSPS) is 11.3. The monoisotopic (exact) mass is 555 g/mol. The van der Waals surface area contributed by atoms with E-state index in [-0.39, 0.29) is 11.0 Å². The number of hydrogen-bond donors (Lipinski definition) is 2. The van der Waals surface area contributed by atoms with E-state index in [4.69, 9.17) is 28.2 Å². The van der Waals surface area contributed by atoms with E-state index in [0.717, 1.165) is 40.0 Å². The Morgan fingerprint density at radius 1 is 1.00 bits per heavy atom. The maximum Gasteiger partial charge on any atom is 0.250 e. The average molecular weight is 556 g/mol. The van der Waals surface area contributed by atoms with Gasteiger partial charge in [-0.2, -0.15) is 4.80 Å². The van der Waals surface area contributed by atoms with Gasteiger partial charge in [0, 0.05) is 22.3 Å². The first-order chi connectivity index (χ1) is 18.8. The molecule has 0 fully saturated rings. The van der Waals surface area contributed by atoms with Gasteiger partial charge in [-0.3, -0.25) is 10.1 Å². The van der Waals surface area contributed by atoms with Gasteiger partial charge < -0.3 is 9.73 Å². The number of aromatic nitrogens is 3. The minimum atomic E-state index is -0.385. The Hall–Kier alpha value is -4.27. The zero-order valence-corrected chi connectivity index (χ0v) is 23.2. The lowest BCUT2D eigenvalue weighted by molar-refractivity contribution is -0.115. The SMILES string of the molecule is CCc1ccc(-n2nc3cc(C)c(NC(=S)NC(=O)/C=C/c4ccc(-c5ccc(C)c(Cl)c5)o4)cc3n2)cc1. The van der Waals surface area contributed by atoms with Crippen molar-refractivity contribution in [3.05, 3.63) is 100 Å². The Balaban J connectivity index is 1.22. The first-order valence-corrected chi connectivity index (χ1v) is 13.2. The van der Waals surface area contributed by atoms with Gasteiger partial charge in [0.05, 0.1) is 5.69 Å². The predicted molar refractivity (Wildman–Crippen MR) is 160 cm³/mol. The van der Waals surface area contributed by atoms with E-state index in [1.54, 1.807) is 16.9 Å². The van der Waals surface area contributed by atoms with E-state index >= 15 is 0 Å². The molecular formula is C30H26ClN5O2S. The van der Waals surface area contributed by atoms with Gasteiger partial charge in [-0.1, -0.05) is 42.8 Å². The quantitative estimate of drug-likeness (QED) is 0.173. The Morgan fingerprint density at radius 3 is 2.46 bits per heavy atom. The van der Waals surface area contributed by atoms with Crippen molar-refractivity contribution >= 4 is 57.6 Å². The van der Waals surface area contributed by atoms with Crippen LogP contribution in [-0.2, 0) is 11.2 Å². The van der Waals surface area contributed by atoms with Crippen LogP contribution < -0.4 is 10.6 Å². The van der Waals surface area contributed by atoms with Crippen LogP contribution >= 0.6 is 23.8 Å². The topological polar surface area (TPSA) is 85.0 Å². The fourth-order valence-corrected chi connectivity index (χ4v) is 4.38. The van der Waals surface area contributed by atoms with Crippen LogP contribution in [-0.4, -0.2) is 26.0 Å². The summed E-state index contributed by atoms with van der Waals surface area (Å²) in [6.07, 6.45) is 3.92. The smallest absolute Gasteiger partial charge is 0.250 e. The van der Waals surface area contributed by atoms with E-state index < -0.39 is 0 Å². The highest BCUT2D eigenvalue weighted by Gasteiger charge is 2.11. The van der Waals surface area contributed by atoms with Gasteiger partial charge in [0.15, 0.2) is 5.11 Å². The lowest BCUT2D eigenvalue weighted by Crippen LogP contribution is -2.33. The summed E-state index contributed by atoms with van der Waals surface area (Å²) >= 11 is 11.6. The van der Waals surface area contributed by atoms with Gasteiger partial charge in [0.2, 0.25) is 5.91 Å². The molecule has 0 saturated carbocycles. The molecule has 0 unspecified atom stereocenters. The fraction of sp³-hybridized carbons (Fsp3) is 0.133. The molecule has 7 nitrogen and oxygen atoms in total. The van der Waals surface area contributed by atoms with Gasteiger partial charge in [-0.05, 0) is 97.7 Å². The number of anilines is 1. The summed E-state index contributed by atoms with van der Waals surface area (Å²) < 4.78 is 5.83. The molecule has 9 heteroatoms. The predicted octanol–water partition coefficient (Wildman–Crippen LogP) is 7.04. The van der Waals surface area contributed by atoms with Crippen molar-refractivity contribution in [1.82, 2.24) is 20.3 Å². The van der Waals surface area contributed by atoms with Crippen molar-refractivity contribution < 1.29 is 9.21 Å². The zero-order valence-electron chi connectivity index (χ0n) is 21.7. The maximum atomic E-state index is 12.5. The molecule has 0 aliphatic rings. The number of amides is 1.